The second kappa shape index (κ2) is 6.24. The van der Waals surface area contributed by atoms with Crippen molar-refractivity contribution in [2.24, 2.45) is 0 Å². The molecule has 0 saturated carbocycles. The highest BCUT2D eigenvalue weighted by Gasteiger charge is 2.03. The van der Waals surface area contributed by atoms with Crippen molar-refractivity contribution in [3.8, 4) is 0 Å². The molecule has 82 valence electrons. The van der Waals surface area contributed by atoms with E-state index in [4.69, 9.17) is 11.6 Å². The molecule has 0 saturated heterocycles. The predicted octanol–water partition coefficient (Wildman–Crippen LogP) is 1.12. The normalized spacial score (nSPS) is 9.93. The quantitative estimate of drug-likeness (QED) is 0.586. The number of halogens is 1. The number of alkyl halides is 1. The number of aromatic amines is 1. The number of amides is 1. The smallest absolute Gasteiger partial charge is 0.252 e. The Morgan fingerprint density at radius 3 is 2.80 bits per heavy atom. The Morgan fingerprint density at radius 2 is 2.20 bits per heavy atom. The van der Waals surface area contributed by atoms with Gasteiger partial charge in [0.2, 0.25) is 5.56 Å². The van der Waals surface area contributed by atoms with Crippen LogP contribution in [0.5, 0.6) is 0 Å². The summed E-state index contributed by atoms with van der Waals surface area (Å²) in [4.78, 5) is 24.6. The highest BCUT2D eigenvalue weighted by atomic mass is 35.5. The summed E-state index contributed by atoms with van der Waals surface area (Å²) in [7, 11) is 0. The fraction of sp³-hybridized carbons (Fsp3) is 0.400. The van der Waals surface area contributed by atoms with Gasteiger partial charge in [-0.2, -0.15) is 0 Å². The summed E-state index contributed by atoms with van der Waals surface area (Å²) in [6.45, 7) is 0.602. The summed E-state index contributed by atoms with van der Waals surface area (Å²) < 4.78 is 0. The molecule has 0 bridgehead atoms. The Kier molecular flexibility index (Phi) is 4.90. The molecule has 15 heavy (non-hydrogen) atoms. The Balaban J connectivity index is 2.40. The van der Waals surface area contributed by atoms with Gasteiger partial charge in [-0.1, -0.05) is 0 Å². The number of carbonyl (C=O) groups excluding carboxylic acids is 1. The number of hydrogen-bond acceptors (Lipinski definition) is 2. The Labute approximate surface area is 92.7 Å². The molecule has 2 N–H and O–H groups in total. The maximum Gasteiger partial charge on any atom is 0.252 e. The fourth-order valence-electron chi connectivity index (χ4n) is 1.08. The fourth-order valence-corrected chi connectivity index (χ4v) is 1.26. The molecule has 0 radical (unpaired) electrons. The van der Waals surface area contributed by atoms with Gasteiger partial charge >= 0.3 is 0 Å². The van der Waals surface area contributed by atoms with Crippen LogP contribution < -0.4 is 10.9 Å². The zero-order valence-electron chi connectivity index (χ0n) is 8.25. The van der Waals surface area contributed by atoms with E-state index >= 15 is 0 Å². The molecule has 1 aromatic rings. The number of hydrogen-bond donors (Lipinski definition) is 2. The van der Waals surface area contributed by atoms with Crippen molar-refractivity contribution < 1.29 is 4.79 Å². The Bertz CT molecular complexity index is 355. The molecular weight excluding hydrogens is 216 g/mol. The van der Waals surface area contributed by atoms with E-state index < -0.39 is 0 Å². The third-order valence-corrected chi connectivity index (χ3v) is 2.16. The van der Waals surface area contributed by atoms with Gasteiger partial charge in [-0.3, -0.25) is 9.59 Å². The minimum atomic E-state index is -0.214. The van der Waals surface area contributed by atoms with Crippen LogP contribution in [0.15, 0.2) is 23.1 Å². The maximum atomic E-state index is 11.5. The lowest BCUT2D eigenvalue weighted by atomic mass is 10.2. The van der Waals surface area contributed by atoms with E-state index in [1.54, 1.807) is 0 Å². The largest absolute Gasteiger partial charge is 0.352 e. The minimum Gasteiger partial charge on any atom is -0.352 e. The number of rotatable bonds is 5. The molecule has 0 spiro atoms. The van der Waals surface area contributed by atoms with Gasteiger partial charge in [-0.15, -0.1) is 11.6 Å². The van der Waals surface area contributed by atoms with Crippen LogP contribution in [0.1, 0.15) is 23.2 Å². The number of aromatic nitrogens is 1. The molecule has 1 amide bonds. The summed E-state index contributed by atoms with van der Waals surface area (Å²) in [5.74, 6) is 0.426. The van der Waals surface area contributed by atoms with Crippen molar-refractivity contribution in [1.29, 1.82) is 0 Å². The van der Waals surface area contributed by atoms with Crippen molar-refractivity contribution >= 4 is 17.5 Å². The first-order valence-electron chi connectivity index (χ1n) is 4.77. The van der Waals surface area contributed by atoms with Gasteiger partial charge in [0, 0.05) is 24.7 Å². The van der Waals surface area contributed by atoms with E-state index in [1.807, 2.05) is 0 Å². The Hall–Kier alpha value is -1.29. The number of nitrogens with one attached hydrogen (secondary N) is 2. The first-order chi connectivity index (χ1) is 7.24. The van der Waals surface area contributed by atoms with Gasteiger partial charge in [-0.05, 0) is 18.9 Å². The topological polar surface area (TPSA) is 62.0 Å². The van der Waals surface area contributed by atoms with E-state index in [-0.39, 0.29) is 11.5 Å². The molecule has 0 aliphatic carbocycles. The third-order valence-electron chi connectivity index (χ3n) is 1.89. The van der Waals surface area contributed by atoms with Crippen molar-refractivity contribution in [3.63, 3.8) is 0 Å². The number of carbonyl (C=O) groups is 1. The summed E-state index contributed by atoms with van der Waals surface area (Å²) >= 11 is 5.50. The van der Waals surface area contributed by atoms with E-state index in [0.717, 1.165) is 12.8 Å². The lowest BCUT2D eigenvalue weighted by Crippen LogP contribution is -2.25. The van der Waals surface area contributed by atoms with E-state index in [2.05, 4.69) is 10.3 Å². The number of pyridine rings is 1. The minimum absolute atomic E-state index is 0.180. The predicted molar refractivity (Wildman–Crippen MR) is 59.3 cm³/mol. The van der Waals surface area contributed by atoms with Crippen LogP contribution in [0, 0.1) is 0 Å². The van der Waals surface area contributed by atoms with Gasteiger partial charge in [0.15, 0.2) is 0 Å². The van der Waals surface area contributed by atoms with Crippen LogP contribution in [-0.2, 0) is 0 Å². The monoisotopic (exact) mass is 228 g/mol. The average molecular weight is 229 g/mol. The van der Waals surface area contributed by atoms with Crippen LogP contribution in [0.25, 0.3) is 0 Å². The SMILES string of the molecule is O=C(NCCCCCl)c1ccc(=O)[nH]c1. The van der Waals surface area contributed by atoms with Crippen LogP contribution in [0.3, 0.4) is 0 Å². The molecule has 0 fully saturated rings. The van der Waals surface area contributed by atoms with Gasteiger partial charge < -0.3 is 10.3 Å². The lowest BCUT2D eigenvalue weighted by Gasteiger charge is -2.03. The second-order valence-corrected chi connectivity index (χ2v) is 3.47. The van der Waals surface area contributed by atoms with Crippen LogP contribution in [-0.4, -0.2) is 23.3 Å². The van der Waals surface area contributed by atoms with E-state index in [9.17, 15) is 9.59 Å². The van der Waals surface area contributed by atoms with Gasteiger partial charge in [0.1, 0.15) is 0 Å². The van der Waals surface area contributed by atoms with Gasteiger partial charge in [0.25, 0.3) is 5.91 Å². The lowest BCUT2D eigenvalue weighted by molar-refractivity contribution is 0.0953. The summed E-state index contributed by atoms with van der Waals surface area (Å²) in [5.41, 5.74) is 0.245. The molecule has 0 aliphatic rings. The van der Waals surface area contributed by atoms with Crippen molar-refractivity contribution in [2.45, 2.75) is 12.8 Å². The zero-order chi connectivity index (χ0) is 11.1. The number of unbranched alkanes of at least 4 members (excludes halogenated alkanes) is 1. The van der Waals surface area contributed by atoms with Crippen molar-refractivity contribution in [1.82, 2.24) is 10.3 Å². The third kappa shape index (κ3) is 4.16. The maximum absolute atomic E-state index is 11.5. The highest BCUT2D eigenvalue weighted by Crippen LogP contribution is 1.94. The molecular formula is C10H13ClN2O2. The highest BCUT2D eigenvalue weighted by molar-refractivity contribution is 6.17. The standard InChI is InChI=1S/C10H13ClN2O2/c11-5-1-2-6-12-10(15)8-3-4-9(14)13-7-8/h3-4,7H,1-2,5-6H2,(H,12,15)(H,13,14). The number of H-pyrrole nitrogens is 1. The van der Waals surface area contributed by atoms with E-state index in [1.165, 1.54) is 18.3 Å². The van der Waals surface area contributed by atoms with Crippen LogP contribution >= 0.6 is 11.6 Å². The molecule has 0 aromatic carbocycles. The molecule has 5 heteroatoms. The molecule has 0 atom stereocenters. The molecule has 1 heterocycles. The van der Waals surface area contributed by atoms with Crippen LogP contribution in [0.4, 0.5) is 0 Å². The van der Waals surface area contributed by atoms with Crippen molar-refractivity contribution in [3.05, 3.63) is 34.2 Å². The second-order valence-electron chi connectivity index (χ2n) is 3.09. The zero-order valence-corrected chi connectivity index (χ0v) is 9.01. The summed E-state index contributed by atoms with van der Waals surface area (Å²) in [5, 5.41) is 2.73. The Morgan fingerprint density at radius 1 is 1.40 bits per heavy atom. The molecule has 0 aliphatic heterocycles. The van der Waals surface area contributed by atoms with Crippen molar-refractivity contribution in [2.75, 3.05) is 12.4 Å². The molecule has 4 nitrogen and oxygen atoms in total. The summed E-state index contributed by atoms with van der Waals surface area (Å²) in [6, 6.07) is 2.82. The van der Waals surface area contributed by atoms with Crippen LogP contribution in [0.2, 0.25) is 0 Å². The molecule has 1 aromatic heterocycles. The van der Waals surface area contributed by atoms with E-state index in [0.29, 0.717) is 18.0 Å². The first kappa shape index (κ1) is 11.8. The summed E-state index contributed by atoms with van der Waals surface area (Å²) in [6.07, 6.45) is 3.14. The average Bonchev–Trinajstić information content (AvgIpc) is 2.25. The first-order valence-corrected chi connectivity index (χ1v) is 5.30. The molecule has 0 unspecified atom stereocenters. The van der Waals surface area contributed by atoms with Gasteiger partial charge in [-0.25, -0.2) is 0 Å². The van der Waals surface area contributed by atoms with Gasteiger partial charge in [0.05, 0.1) is 5.56 Å². The molecule has 1 rings (SSSR count).